The SMILES string of the molecule is O=C1OCCC1N1CCN(CCOc2ccccc2)CC1. The van der Waals surface area contributed by atoms with Crippen molar-refractivity contribution in [3.63, 3.8) is 0 Å². The number of benzene rings is 1. The number of hydrogen-bond acceptors (Lipinski definition) is 5. The van der Waals surface area contributed by atoms with E-state index in [0.29, 0.717) is 13.2 Å². The zero-order valence-electron chi connectivity index (χ0n) is 12.2. The van der Waals surface area contributed by atoms with Crippen LogP contribution in [0, 0.1) is 0 Å². The van der Waals surface area contributed by atoms with Crippen LogP contribution in [0.5, 0.6) is 5.75 Å². The molecular formula is C16H22N2O3. The van der Waals surface area contributed by atoms with E-state index >= 15 is 0 Å². The Kier molecular flexibility index (Phi) is 4.72. The molecule has 2 aliphatic heterocycles. The highest BCUT2D eigenvalue weighted by Gasteiger charge is 2.33. The summed E-state index contributed by atoms with van der Waals surface area (Å²) >= 11 is 0. The minimum Gasteiger partial charge on any atom is -0.492 e. The van der Waals surface area contributed by atoms with E-state index in [1.165, 1.54) is 0 Å². The largest absolute Gasteiger partial charge is 0.492 e. The van der Waals surface area contributed by atoms with Gasteiger partial charge in [0.2, 0.25) is 0 Å². The summed E-state index contributed by atoms with van der Waals surface area (Å²) < 4.78 is 10.8. The number of carbonyl (C=O) groups excluding carboxylic acids is 1. The monoisotopic (exact) mass is 290 g/mol. The average molecular weight is 290 g/mol. The molecular weight excluding hydrogens is 268 g/mol. The number of esters is 1. The van der Waals surface area contributed by atoms with Gasteiger partial charge in [-0.2, -0.15) is 0 Å². The van der Waals surface area contributed by atoms with Crippen LogP contribution in [-0.4, -0.2) is 67.7 Å². The lowest BCUT2D eigenvalue weighted by molar-refractivity contribution is -0.142. The fourth-order valence-electron chi connectivity index (χ4n) is 2.92. The summed E-state index contributed by atoms with van der Waals surface area (Å²) in [5.74, 6) is 0.876. The van der Waals surface area contributed by atoms with Gasteiger partial charge in [-0.15, -0.1) is 0 Å². The number of rotatable bonds is 5. The molecule has 1 unspecified atom stereocenters. The van der Waals surface area contributed by atoms with E-state index in [1.807, 2.05) is 30.3 Å². The molecule has 5 nitrogen and oxygen atoms in total. The molecule has 1 aromatic rings. The minimum absolute atomic E-state index is 0.00674. The number of nitrogens with zero attached hydrogens (tertiary/aromatic N) is 2. The van der Waals surface area contributed by atoms with Crippen molar-refractivity contribution in [1.29, 1.82) is 0 Å². The summed E-state index contributed by atoms with van der Waals surface area (Å²) in [5.41, 5.74) is 0. The van der Waals surface area contributed by atoms with Gasteiger partial charge in [0, 0.05) is 39.1 Å². The Morgan fingerprint density at radius 2 is 1.90 bits per heavy atom. The number of ether oxygens (including phenoxy) is 2. The van der Waals surface area contributed by atoms with E-state index in [9.17, 15) is 4.79 Å². The van der Waals surface area contributed by atoms with Gasteiger partial charge in [0.05, 0.1) is 6.61 Å². The number of para-hydroxylation sites is 1. The molecule has 114 valence electrons. The fourth-order valence-corrected chi connectivity index (χ4v) is 2.92. The first kappa shape index (κ1) is 14.4. The van der Waals surface area contributed by atoms with Crippen LogP contribution in [-0.2, 0) is 9.53 Å². The van der Waals surface area contributed by atoms with E-state index in [0.717, 1.165) is 44.9 Å². The molecule has 0 aromatic heterocycles. The Morgan fingerprint density at radius 3 is 2.57 bits per heavy atom. The summed E-state index contributed by atoms with van der Waals surface area (Å²) in [4.78, 5) is 16.2. The van der Waals surface area contributed by atoms with Crippen molar-refractivity contribution in [3.05, 3.63) is 30.3 Å². The smallest absolute Gasteiger partial charge is 0.323 e. The summed E-state index contributed by atoms with van der Waals surface area (Å²) in [6.45, 7) is 6.06. The number of piperazine rings is 1. The van der Waals surface area contributed by atoms with Crippen molar-refractivity contribution < 1.29 is 14.3 Å². The molecule has 0 bridgehead atoms. The normalized spacial score (nSPS) is 24.0. The lowest BCUT2D eigenvalue weighted by Crippen LogP contribution is -2.52. The van der Waals surface area contributed by atoms with E-state index in [4.69, 9.17) is 9.47 Å². The third-order valence-corrected chi connectivity index (χ3v) is 4.17. The van der Waals surface area contributed by atoms with Gasteiger partial charge >= 0.3 is 5.97 Å². The van der Waals surface area contributed by atoms with Gasteiger partial charge in [-0.1, -0.05) is 18.2 Å². The van der Waals surface area contributed by atoms with Gasteiger partial charge in [0.25, 0.3) is 0 Å². The Bertz CT molecular complexity index is 458. The number of carbonyl (C=O) groups is 1. The molecule has 1 atom stereocenters. The summed E-state index contributed by atoms with van der Waals surface area (Å²) in [7, 11) is 0. The molecule has 2 saturated heterocycles. The Labute approximate surface area is 125 Å². The van der Waals surface area contributed by atoms with Gasteiger partial charge in [0.15, 0.2) is 0 Å². The van der Waals surface area contributed by atoms with Gasteiger partial charge in [-0.25, -0.2) is 0 Å². The van der Waals surface area contributed by atoms with E-state index in [-0.39, 0.29) is 12.0 Å². The molecule has 0 amide bonds. The first-order valence-electron chi connectivity index (χ1n) is 7.64. The highest BCUT2D eigenvalue weighted by Crippen LogP contribution is 2.16. The predicted molar refractivity (Wildman–Crippen MR) is 79.3 cm³/mol. The van der Waals surface area contributed by atoms with Crippen molar-refractivity contribution in [2.45, 2.75) is 12.5 Å². The van der Waals surface area contributed by atoms with Crippen LogP contribution in [0.15, 0.2) is 30.3 Å². The molecule has 3 rings (SSSR count). The van der Waals surface area contributed by atoms with Gasteiger partial charge in [-0.3, -0.25) is 14.6 Å². The maximum absolute atomic E-state index is 11.6. The Balaban J connectivity index is 1.37. The van der Waals surface area contributed by atoms with Crippen LogP contribution in [0.25, 0.3) is 0 Å². The standard InChI is InChI=1S/C16H22N2O3/c19-16-15(6-12-21-16)18-9-7-17(8-10-18)11-13-20-14-4-2-1-3-5-14/h1-5,15H,6-13H2. The van der Waals surface area contributed by atoms with Crippen LogP contribution in [0.4, 0.5) is 0 Å². The second kappa shape index (κ2) is 6.91. The average Bonchev–Trinajstić information content (AvgIpc) is 2.95. The van der Waals surface area contributed by atoms with Crippen LogP contribution in [0.3, 0.4) is 0 Å². The van der Waals surface area contributed by atoms with Crippen molar-refractivity contribution >= 4 is 5.97 Å². The molecule has 2 fully saturated rings. The maximum Gasteiger partial charge on any atom is 0.323 e. The Hall–Kier alpha value is -1.59. The summed E-state index contributed by atoms with van der Waals surface area (Å²) in [6.07, 6.45) is 0.843. The molecule has 2 heterocycles. The molecule has 0 aliphatic carbocycles. The van der Waals surface area contributed by atoms with Crippen molar-refractivity contribution in [2.24, 2.45) is 0 Å². The molecule has 0 saturated carbocycles. The Morgan fingerprint density at radius 1 is 1.14 bits per heavy atom. The zero-order valence-corrected chi connectivity index (χ0v) is 12.2. The van der Waals surface area contributed by atoms with Gasteiger partial charge in [-0.05, 0) is 12.1 Å². The fraction of sp³-hybridized carbons (Fsp3) is 0.562. The lowest BCUT2D eigenvalue weighted by atomic mass is 10.2. The van der Waals surface area contributed by atoms with Gasteiger partial charge < -0.3 is 9.47 Å². The first-order chi connectivity index (χ1) is 10.3. The molecule has 0 spiro atoms. The number of hydrogen-bond donors (Lipinski definition) is 0. The molecule has 0 radical (unpaired) electrons. The molecule has 0 N–H and O–H groups in total. The quantitative estimate of drug-likeness (QED) is 0.757. The molecule has 1 aromatic carbocycles. The van der Waals surface area contributed by atoms with Crippen molar-refractivity contribution in [1.82, 2.24) is 9.80 Å². The summed E-state index contributed by atoms with van der Waals surface area (Å²) in [6, 6.07) is 9.89. The number of cyclic esters (lactones) is 1. The van der Waals surface area contributed by atoms with E-state index in [2.05, 4.69) is 9.80 Å². The molecule has 5 heteroatoms. The zero-order chi connectivity index (χ0) is 14.5. The van der Waals surface area contributed by atoms with Crippen LogP contribution >= 0.6 is 0 Å². The third kappa shape index (κ3) is 3.74. The molecule has 2 aliphatic rings. The van der Waals surface area contributed by atoms with Crippen molar-refractivity contribution in [2.75, 3.05) is 45.9 Å². The van der Waals surface area contributed by atoms with Crippen LogP contribution in [0.1, 0.15) is 6.42 Å². The maximum atomic E-state index is 11.6. The second-order valence-corrected chi connectivity index (χ2v) is 5.51. The van der Waals surface area contributed by atoms with E-state index in [1.54, 1.807) is 0 Å². The minimum atomic E-state index is -0.0455. The van der Waals surface area contributed by atoms with Crippen LogP contribution in [0.2, 0.25) is 0 Å². The topological polar surface area (TPSA) is 42.0 Å². The summed E-state index contributed by atoms with van der Waals surface area (Å²) in [5, 5.41) is 0. The van der Waals surface area contributed by atoms with Crippen LogP contribution < -0.4 is 4.74 Å². The van der Waals surface area contributed by atoms with Gasteiger partial charge in [0.1, 0.15) is 18.4 Å². The first-order valence-corrected chi connectivity index (χ1v) is 7.64. The lowest BCUT2D eigenvalue weighted by Gasteiger charge is -2.36. The third-order valence-electron chi connectivity index (χ3n) is 4.17. The molecule has 21 heavy (non-hydrogen) atoms. The highest BCUT2D eigenvalue weighted by atomic mass is 16.5. The van der Waals surface area contributed by atoms with Crippen molar-refractivity contribution in [3.8, 4) is 5.75 Å². The second-order valence-electron chi connectivity index (χ2n) is 5.51. The highest BCUT2D eigenvalue weighted by molar-refractivity contribution is 5.77. The predicted octanol–water partition coefficient (Wildman–Crippen LogP) is 0.998. The van der Waals surface area contributed by atoms with E-state index < -0.39 is 0 Å².